The van der Waals surface area contributed by atoms with Gasteiger partial charge in [0.2, 0.25) is 0 Å². The number of rotatable bonds is 3. The molecule has 1 aromatic carbocycles. The summed E-state index contributed by atoms with van der Waals surface area (Å²) in [6.45, 7) is 3.27. The smallest absolute Gasteiger partial charge is 0.343 e. The van der Waals surface area contributed by atoms with E-state index in [2.05, 4.69) is 0 Å². The number of ether oxygens (including phenoxy) is 1. The number of methoxy groups -OCH3 is 1. The molecule has 1 N–H and O–H groups in total. The van der Waals surface area contributed by atoms with E-state index in [4.69, 9.17) is 9.15 Å². The van der Waals surface area contributed by atoms with E-state index in [-0.39, 0.29) is 0 Å². The summed E-state index contributed by atoms with van der Waals surface area (Å²) in [5.74, 6) is 0.635. The van der Waals surface area contributed by atoms with E-state index in [0.717, 1.165) is 5.39 Å². The number of fused-ring (bicyclic) bond motifs is 1. The Morgan fingerprint density at radius 1 is 1.32 bits per heavy atom. The van der Waals surface area contributed by atoms with Crippen LogP contribution in [0.3, 0.4) is 0 Å². The fourth-order valence-corrected chi connectivity index (χ4v) is 1.64. The van der Waals surface area contributed by atoms with Gasteiger partial charge in [-0.25, -0.2) is 4.79 Å². The quantitative estimate of drug-likeness (QED) is 0.862. The van der Waals surface area contributed by atoms with Gasteiger partial charge in [0.1, 0.15) is 11.3 Å². The van der Waals surface area contributed by atoms with E-state index in [1.165, 1.54) is 0 Å². The number of hydrogen-bond donors (Lipinski definition) is 1. The van der Waals surface area contributed by atoms with E-state index in [1.54, 1.807) is 51.3 Å². The molecule has 0 saturated heterocycles. The summed E-state index contributed by atoms with van der Waals surface area (Å²) in [5, 5.41) is 10.4. The van der Waals surface area contributed by atoms with Crippen LogP contribution in [-0.2, 0) is 0 Å². The lowest BCUT2D eigenvalue weighted by Gasteiger charge is -2.09. The van der Waals surface area contributed by atoms with Crippen LogP contribution in [-0.4, -0.2) is 17.8 Å². The second-order valence-electron chi connectivity index (χ2n) is 4.88. The third-order valence-electron chi connectivity index (χ3n) is 2.64. The van der Waals surface area contributed by atoms with Crippen molar-refractivity contribution in [2.45, 2.75) is 19.4 Å². The summed E-state index contributed by atoms with van der Waals surface area (Å²) in [7, 11) is 1.56. The zero-order valence-corrected chi connectivity index (χ0v) is 11.1. The molecule has 0 fully saturated rings. The molecule has 0 aliphatic heterocycles. The third-order valence-corrected chi connectivity index (χ3v) is 2.64. The lowest BCUT2D eigenvalue weighted by Crippen LogP contribution is -2.14. The van der Waals surface area contributed by atoms with E-state index in [1.807, 2.05) is 6.07 Å². The molecule has 0 bridgehead atoms. The van der Waals surface area contributed by atoms with Crippen LogP contribution < -0.4 is 10.4 Å². The highest BCUT2D eigenvalue weighted by Gasteiger charge is 2.08. The molecule has 0 aliphatic rings. The van der Waals surface area contributed by atoms with Gasteiger partial charge in [-0.05, 0) is 38.1 Å². The van der Waals surface area contributed by atoms with Gasteiger partial charge >= 0.3 is 5.63 Å². The molecule has 0 amide bonds. The molecule has 4 nitrogen and oxygen atoms in total. The molecule has 0 saturated carbocycles. The minimum Gasteiger partial charge on any atom is -0.497 e. The van der Waals surface area contributed by atoms with Crippen molar-refractivity contribution in [3.8, 4) is 5.75 Å². The number of hydrogen-bond acceptors (Lipinski definition) is 4. The highest BCUT2D eigenvalue weighted by Crippen LogP contribution is 2.20. The first-order valence-electron chi connectivity index (χ1n) is 5.92. The predicted molar refractivity (Wildman–Crippen MR) is 74.4 cm³/mol. The van der Waals surface area contributed by atoms with E-state index < -0.39 is 11.2 Å². The van der Waals surface area contributed by atoms with Crippen LogP contribution >= 0.6 is 0 Å². The molecule has 19 heavy (non-hydrogen) atoms. The number of aliphatic hydroxyl groups is 1. The van der Waals surface area contributed by atoms with Gasteiger partial charge in [-0.15, -0.1) is 0 Å². The topological polar surface area (TPSA) is 59.7 Å². The fraction of sp³-hybridized carbons (Fsp3) is 0.267. The van der Waals surface area contributed by atoms with Crippen molar-refractivity contribution in [1.29, 1.82) is 0 Å². The Labute approximate surface area is 110 Å². The molecule has 100 valence electrons. The lowest BCUT2D eigenvalue weighted by atomic mass is 10.1. The van der Waals surface area contributed by atoms with Crippen molar-refractivity contribution in [2.24, 2.45) is 0 Å². The normalized spacial score (nSPS) is 12.2. The maximum Gasteiger partial charge on any atom is 0.343 e. The number of benzene rings is 1. The van der Waals surface area contributed by atoms with Crippen molar-refractivity contribution in [1.82, 2.24) is 0 Å². The van der Waals surface area contributed by atoms with E-state index >= 15 is 0 Å². The summed E-state index contributed by atoms with van der Waals surface area (Å²) in [5.41, 5.74) is -0.535. The highest BCUT2D eigenvalue weighted by molar-refractivity contribution is 5.80. The van der Waals surface area contributed by atoms with Gasteiger partial charge in [0, 0.05) is 11.5 Å². The van der Waals surface area contributed by atoms with Gasteiger partial charge in [0.05, 0.1) is 18.3 Å². The lowest BCUT2D eigenvalue weighted by molar-refractivity contribution is 0.134. The Hall–Kier alpha value is -2.07. The Morgan fingerprint density at radius 2 is 2.05 bits per heavy atom. The van der Waals surface area contributed by atoms with Gasteiger partial charge in [-0.2, -0.15) is 0 Å². The second kappa shape index (κ2) is 4.90. The largest absolute Gasteiger partial charge is 0.497 e. The van der Waals surface area contributed by atoms with Crippen LogP contribution in [0.4, 0.5) is 0 Å². The Balaban J connectivity index is 2.51. The Morgan fingerprint density at radius 3 is 2.68 bits per heavy atom. The molecule has 4 heteroatoms. The summed E-state index contributed by atoms with van der Waals surface area (Å²) >= 11 is 0. The molecule has 0 unspecified atom stereocenters. The molecular weight excluding hydrogens is 244 g/mol. The monoisotopic (exact) mass is 260 g/mol. The molecular formula is C15H16O4. The zero-order valence-electron chi connectivity index (χ0n) is 11.1. The van der Waals surface area contributed by atoms with Crippen molar-refractivity contribution in [3.05, 3.63) is 46.3 Å². The SMILES string of the molecule is COc1ccc2cc(C=CC(C)(C)O)c(=O)oc2c1. The van der Waals surface area contributed by atoms with E-state index in [9.17, 15) is 9.90 Å². The minimum atomic E-state index is -0.971. The molecule has 1 aromatic heterocycles. The standard InChI is InChI=1S/C15H16O4/c1-15(2,17)7-6-11-8-10-4-5-12(18-3)9-13(10)19-14(11)16/h4-9,17H,1-3H3. The van der Waals surface area contributed by atoms with Gasteiger partial charge in [-0.1, -0.05) is 6.08 Å². The van der Waals surface area contributed by atoms with Crippen molar-refractivity contribution < 1.29 is 14.3 Å². The molecule has 2 rings (SSSR count). The molecule has 1 heterocycles. The van der Waals surface area contributed by atoms with Crippen molar-refractivity contribution >= 4 is 17.0 Å². The highest BCUT2D eigenvalue weighted by atomic mass is 16.5. The maximum absolute atomic E-state index is 11.8. The Kier molecular flexibility index (Phi) is 3.44. The molecule has 0 spiro atoms. The average molecular weight is 260 g/mol. The summed E-state index contributed by atoms with van der Waals surface area (Å²) in [6.07, 6.45) is 3.12. The fourth-order valence-electron chi connectivity index (χ4n) is 1.64. The third kappa shape index (κ3) is 3.23. The van der Waals surface area contributed by atoms with Crippen LogP contribution in [0.15, 0.2) is 39.6 Å². The van der Waals surface area contributed by atoms with Crippen LogP contribution in [0.2, 0.25) is 0 Å². The summed E-state index contributed by atoms with van der Waals surface area (Å²) < 4.78 is 10.3. The molecule has 0 radical (unpaired) electrons. The van der Waals surface area contributed by atoms with Gasteiger partial charge in [0.15, 0.2) is 0 Å². The van der Waals surface area contributed by atoms with Crippen LogP contribution in [0.25, 0.3) is 17.0 Å². The van der Waals surface area contributed by atoms with Crippen molar-refractivity contribution in [3.63, 3.8) is 0 Å². The molecule has 0 aliphatic carbocycles. The van der Waals surface area contributed by atoms with Crippen LogP contribution in [0.5, 0.6) is 5.75 Å². The predicted octanol–water partition coefficient (Wildman–Crippen LogP) is 2.59. The second-order valence-corrected chi connectivity index (χ2v) is 4.88. The summed E-state index contributed by atoms with van der Waals surface area (Å²) in [6, 6.07) is 7.01. The van der Waals surface area contributed by atoms with Gasteiger partial charge in [0.25, 0.3) is 0 Å². The first-order chi connectivity index (χ1) is 8.89. The van der Waals surface area contributed by atoms with Crippen molar-refractivity contribution in [2.75, 3.05) is 7.11 Å². The van der Waals surface area contributed by atoms with Gasteiger partial charge < -0.3 is 14.3 Å². The van der Waals surface area contributed by atoms with E-state index in [0.29, 0.717) is 16.9 Å². The van der Waals surface area contributed by atoms with Gasteiger partial charge in [-0.3, -0.25) is 0 Å². The average Bonchev–Trinajstić information content (AvgIpc) is 2.34. The minimum absolute atomic E-state index is 0.403. The van der Waals surface area contributed by atoms with Crippen LogP contribution in [0, 0.1) is 0 Å². The Bertz CT molecular complexity index is 675. The molecule has 0 atom stereocenters. The first-order valence-corrected chi connectivity index (χ1v) is 5.92. The zero-order chi connectivity index (χ0) is 14.0. The summed E-state index contributed by atoms with van der Waals surface area (Å²) in [4.78, 5) is 11.8. The molecule has 2 aromatic rings. The van der Waals surface area contributed by atoms with Crippen LogP contribution in [0.1, 0.15) is 19.4 Å². The maximum atomic E-state index is 11.8. The first kappa shape index (κ1) is 13.4.